The number of aliphatic hydroxyl groups excluding tert-OH is 2. The minimum absolute atomic E-state index is 0.202. The van der Waals surface area contributed by atoms with E-state index in [9.17, 15) is 10.2 Å². The first-order chi connectivity index (χ1) is 14.6. The molecular weight excluding hydrogens is 380 g/mol. The van der Waals surface area contributed by atoms with Crippen LogP contribution >= 0.6 is 0 Å². The highest BCUT2D eigenvalue weighted by atomic mass is 16.3. The van der Waals surface area contributed by atoms with E-state index in [2.05, 4.69) is 47.6 Å². The summed E-state index contributed by atoms with van der Waals surface area (Å²) in [6.07, 6.45) is 13.9. The third-order valence-corrected chi connectivity index (χ3v) is 11.3. The second kappa shape index (κ2) is 8.79. The normalized spacial score (nSPS) is 46.7. The largest absolute Gasteiger partial charge is 0.393 e. The Labute approximate surface area is 192 Å². The molecule has 0 heterocycles. The van der Waals surface area contributed by atoms with Gasteiger partial charge in [0, 0.05) is 0 Å². The van der Waals surface area contributed by atoms with E-state index in [4.69, 9.17) is 0 Å². The molecule has 178 valence electrons. The molecule has 2 nitrogen and oxygen atoms in total. The highest BCUT2D eigenvalue weighted by Gasteiger charge is 2.61. The standard InChI is InChI=1S/C29H50O2/c1-7-20(18(2)3)9-8-19(4)23-10-11-24-27-25(13-15-29(23,24)6)28(5)14-12-22(30)16-21(28)17-26(27)31/h17-20,22-27,30-31H,7-16H2,1-6H3/t19-,20-,22+,23-,24+,25+,26-,27+,28+,29-/m0/s1. The van der Waals surface area contributed by atoms with Gasteiger partial charge in [-0.1, -0.05) is 66.0 Å². The highest BCUT2D eigenvalue weighted by molar-refractivity contribution is 5.27. The molecule has 0 spiro atoms. The molecule has 3 fully saturated rings. The third kappa shape index (κ3) is 3.96. The van der Waals surface area contributed by atoms with Gasteiger partial charge in [-0.15, -0.1) is 0 Å². The van der Waals surface area contributed by atoms with Gasteiger partial charge in [-0.05, 0) is 104 Å². The van der Waals surface area contributed by atoms with Crippen LogP contribution in [0.1, 0.15) is 106 Å². The molecule has 0 aromatic heterocycles. The summed E-state index contributed by atoms with van der Waals surface area (Å²) < 4.78 is 0. The van der Waals surface area contributed by atoms with Crippen molar-refractivity contribution in [1.82, 2.24) is 0 Å². The SMILES string of the molecule is CC[C@@H](CC[C@H](C)[C@@H]1CC[C@@H]2[C@@H]3[C@@H](CC[C@]21C)[C@]1(C)CC[C@@H](O)CC1=C[C@@H]3O)C(C)C. The quantitative estimate of drug-likeness (QED) is 0.446. The van der Waals surface area contributed by atoms with Crippen molar-refractivity contribution in [1.29, 1.82) is 0 Å². The van der Waals surface area contributed by atoms with Gasteiger partial charge in [0.15, 0.2) is 0 Å². The zero-order valence-corrected chi connectivity index (χ0v) is 21.2. The predicted octanol–water partition coefficient (Wildman–Crippen LogP) is 7.00. The Kier molecular flexibility index (Phi) is 6.75. The van der Waals surface area contributed by atoms with Gasteiger partial charge in [-0.25, -0.2) is 0 Å². The predicted molar refractivity (Wildman–Crippen MR) is 130 cm³/mol. The Bertz CT molecular complexity index is 668. The van der Waals surface area contributed by atoms with Gasteiger partial charge in [0.1, 0.15) is 0 Å². The maximum Gasteiger partial charge on any atom is 0.0757 e. The van der Waals surface area contributed by atoms with Crippen LogP contribution in [0.2, 0.25) is 0 Å². The maximum absolute atomic E-state index is 11.3. The second-order valence-electron chi connectivity index (χ2n) is 13.0. The van der Waals surface area contributed by atoms with E-state index in [1.807, 2.05) is 0 Å². The van der Waals surface area contributed by atoms with Crippen molar-refractivity contribution < 1.29 is 10.2 Å². The fraction of sp³-hybridized carbons (Fsp3) is 0.931. The van der Waals surface area contributed by atoms with E-state index in [1.54, 1.807) is 0 Å². The fourth-order valence-electron chi connectivity index (χ4n) is 9.29. The van der Waals surface area contributed by atoms with Gasteiger partial charge >= 0.3 is 0 Å². The lowest BCUT2D eigenvalue weighted by molar-refractivity contribution is -0.0972. The summed E-state index contributed by atoms with van der Waals surface area (Å²) in [5.41, 5.74) is 1.97. The van der Waals surface area contributed by atoms with E-state index >= 15 is 0 Å². The number of hydrogen-bond donors (Lipinski definition) is 2. The summed E-state index contributed by atoms with van der Waals surface area (Å²) in [6.45, 7) is 14.7. The lowest BCUT2D eigenvalue weighted by atomic mass is 9.46. The molecule has 4 aliphatic carbocycles. The number of rotatable bonds is 6. The summed E-state index contributed by atoms with van der Waals surface area (Å²) in [7, 11) is 0. The number of fused-ring (bicyclic) bond motifs is 5. The first-order valence-corrected chi connectivity index (χ1v) is 13.7. The Hall–Kier alpha value is -0.340. The molecule has 0 bridgehead atoms. The van der Waals surface area contributed by atoms with Crippen molar-refractivity contribution in [3.05, 3.63) is 11.6 Å². The lowest BCUT2D eigenvalue weighted by Gasteiger charge is -2.59. The van der Waals surface area contributed by atoms with Gasteiger partial charge in [0.2, 0.25) is 0 Å². The molecule has 0 radical (unpaired) electrons. The van der Waals surface area contributed by atoms with Crippen molar-refractivity contribution in [3.8, 4) is 0 Å². The van der Waals surface area contributed by atoms with Crippen LogP contribution in [0, 0.1) is 52.3 Å². The van der Waals surface area contributed by atoms with Crippen LogP contribution in [0.3, 0.4) is 0 Å². The van der Waals surface area contributed by atoms with Crippen LogP contribution in [-0.2, 0) is 0 Å². The number of aliphatic hydroxyl groups is 2. The molecule has 10 atom stereocenters. The van der Waals surface area contributed by atoms with Crippen molar-refractivity contribution in [2.45, 2.75) is 118 Å². The first-order valence-electron chi connectivity index (χ1n) is 13.7. The Morgan fingerprint density at radius 3 is 2.39 bits per heavy atom. The molecule has 0 amide bonds. The minimum atomic E-state index is -0.303. The molecule has 2 heteroatoms. The molecule has 0 aromatic carbocycles. The molecular formula is C29H50O2. The summed E-state index contributed by atoms with van der Waals surface area (Å²) >= 11 is 0. The van der Waals surface area contributed by atoms with Crippen molar-refractivity contribution in [2.24, 2.45) is 52.3 Å². The van der Waals surface area contributed by atoms with Crippen LogP contribution in [0.15, 0.2) is 11.6 Å². The van der Waals surface area contributed by atoms with E-state index in [1.165, 1.54) is 50.5 Å². The van der Waals surface area contributed by atoms with Gasteiger partial charge in [-0.2, -0.15) is 0 Å². The summed E-state index contributed by atoms with van der Waals surface area (Å²) in [6, 6.07) is 0. The average molecular weight is 431 g/mol. The van der Waals surface area contributed by atoms with Crippen LogP contribution in [-0.4, -0.2) is 22.4 Å². The first kappa shape index (κ1) is 23.8. The Balaban J connectivity index is 1.52. The van der Waals surface area contributed by atoms with E-state index < -0.39 is 0 Å². The van der Waals surface area contributed by atoms with E-state index in [0.29, 0.717) is 23.2 Å². The molecule has 4 aliphatic rings. The summed E-state index contributed by atoms with van der Waals surface area (Å²) in [5, 5.41) is 21.6. The van der Waals surface area contributed by atoms with Crippen LogP contribution in [0.4, 0.5) is 0 Å². The third-order valence-electron chi connectivity index (χ3n) is 11.3. The van der Waals surface area contributed by atoms with Gasteiger partial charge in [-0.3, -0.25) is 0 Å². The zero-order valence-electron chi connectivity index (χ0n) is 21.2. The summed E-state index contributed by atoms with van der Waals surface area (Å²) in [5.74, 6) is 4.99. The Morgan fingerprint density at radius 2 is 1.71 bits per heavy atom. The molecule has 0 aromatic rings. The van der Waals surface area contributed by atoms with Crippen molar-refractivity contribution in [3.63, 3.8) is 0 Å². The topological polar surface area (TPSA) is 40.5 Å². The minimum Gasteiger partial charge on any atom is -0.393 e. The summed E-state index contributed by atoms with van der Waals surface area (Å²) in [4.78, 5) is 0. The smallest absolute Gasteiger partial charge is 0.0757 e. The van der Waals surface area contributed by atoms with Gasteiger partial charge in [0.25, 0.3) is 0 Å². The molecule has 3 saturated carbocycles. The molecule has 0 saturated heterocycles. The molecule has 0 unspecified atom stereocenters. The molecule has 4 rings (SSSR count). The molecule has 0 aliphatic heterocycles. The highest BCUT2D eigenvalue weighted by Crippen LogP contribution is 2.67. The van der Waals surface area contributed by atoms with Crippen LogP contribution in [0.25, 0.3) is 0 Å². The average Bonchev–Trinajstić information content (AvgIpc) is 3.06. The van der Waals surface area contributed by atoms with Gasteiger partial charge in [0.05, 0.1) is 12.2 Å². The van der Waals surface area contributed by atoms with Crippen molar-refractivity contribution in [2.75, 3.05) is 0 Å². The molecule has 2 N–H and O–H groups in total. The van der Waals surface area contributed by atoms with Crippen LogP contribution in [0.5, 0.6) is 0 Å². The van der Waals surface area contributed by atoms with Crippen LogP contribution < -0.4 is 0 Å². The van der Waals surface area contributed by atoms with Gasteiger partial charge < -0.3 is 10.2 Å². The maximum atomic E-state index is 11.3. The molecule has 31 heavy (non-hydrogen) atoms. The van der Waals surface area contributed by atoms with Crippen molar-refractivity contribution >= 4 is 0 Å². The number of hydrogen-bond acceptors (Lipinski definition) is 2. The fourth-order valence-corrected chi connectivity index (χ4v) is 9.29. The van der Waals surface area contributed by atoms with E-state index in [-0.39, 0.29) is 17.6 Å². The second-order valence-corrected chi connectivity index (χ2v) is 13.0. The zero-order chi connectivity index (χ0) is 22.6. The van der Waals surface area contributed by atoms with E-state index in [0.717, 1.165) is 42.9 Å². The monoisotopic (exact) mass is 430 g/mol. The Morgan fingerprint density at radius 1 is 0.968 bits per heavy atom. The lowest BCUT2D eigenvalue weighted by Crippen LogP contribution is -2.54.